The first-order valence-electron chi connectivity index (χ1n) is 5.85. The molecule has 0 aliphatic heterocycles. The van der Waals surface area contributed by atoms with E-state index < -0.39 is 0 Å². The van der Waals surface area contributed by atoms with E-state index in [1.54, 1.807) is 0 Å². The van der Waals surface area contributed by atoms with Crippen molar-refractivity contribution in [2.45, 2.75) is 26.4 Å². The summed E-state index contributed by atoms with van der Waals surface area (Å²) < 4.78 is 3.97. The van der Waals surface area contributed by atoms with Crippen LogP contribution in [0.1, 0.15) is 17.0 Å². The fourth-order valence-electron chi connectivity index (χ4n) is 1.94. The van der Waals surface area contributed by atoms with E-state index in [0.717, 1.165) is 19.5 Å². The Bertz CT molecular complexity index is 483. The third kappa shape index (κ3) is 2.55. The first-order valence-corrected chi connectivity index (χ1v) is 5.85. The van der Waals surface area contributed by atoms with Crippen molar-refractivity contribution in [2.24, 2.45) is 7.05 Å². The lowest BCUT2D eigenvalue weighted by molar-refractivity contribution is 0.572. The lowest BCUT2D eigenvalue weighted by Crippen LogP contribution is -2.10. The van der Waals surface area contributed by atoms with Crippen molar-refractivity contribution in [3.05, 3.63) is 35.4 Å². The molecule has 0 amide bonds. The van der Waals surface area contributed by atoms with Crippen LogP contribution in [0.2, 0.25) is 0 Å². The molecule has 2 aromatic heterocycles. The number of nitrogens with zero attached hydrogens (tertiary/aromatic N) is 4. The van der Waals surface area contributed by atoms with Crippen LogP contribution in [-0.4, -0.2) is 26.6 Å². The second-order valence-electron chi connectivity index (χ2n) is 4.20. The van der Waals surface area contributed by atoms with Crippen LogP contribution in [0.5, 0.6) is 0 Å². The molecule has 0 atom stereocenters. The van der Waals surface area contributed by atoms with Gasteiger partial charge in [0.1, 0.15) is 0 Å². The standard InChI is InChI=1S/C12H19N5/c1-10-11(8-13-2)9-15-17(10)7-5-12-4-6-14-16(12)3/h4,6,9,13H,5,7-8H2,1-3H3. The highest BCUT2D eigenvalue weighted by Crippen LogP contribution is 2.08. The lowest BCUT2D eigenvalue weighted by atomic mass is 10.2. The molecule has 5 nitrogen and oxygen atoms in total. The van der Waals surface area contributed by atoms with Gasteiger partial charge < -0.3 is 5.32 Å². The van der Waals surface area contributed by atoms with Gasteiger partial charge in [0.05, 0.1) is 6.20 Å². The molecule has 92 valence electrons. The molecular formula is C12H19N5. The number of aromatic nitrogens is 4. The number of hydrogen-bond donors (Lipinski definition) is 1. The largest absolute Gasteiger partial charge is 0.316 e. The van der Waals surface area contributed by atoms with Crippen molar-refractivity contribution in [1.29, 1.82) is 0 Å². The summed E-state index contributed by atoms with van der Waals surface area (Å²) in [6.07, 6.45) is 4.73. The summed E-state index contributed by atoms with van der Waals surface area (Å²) in [5, 5.41) is 11.7. The van der Waals surface area contributed by atoms with E-state index in [9.17, 15) is 0 Å². The summed E-state index contributed by atoms with van der Waals surface area (Å²) >= 11 is 0. The Labute approximate surface area is 101 Å². The van der Waals surface area contributed by atoms with Gasteiger partial charge in [-0.15, -0.1) is 0 Å². The Balaban J connectivity index is 2.02. The van der Waals surface area contributed by atoms with Gasteiger partial charge in [-0.05, 0) is 20.0 Å². The summed E-state index contributed by atoms with van der Waals surface area (Å²) in [5.74, 6) is 0. The average molecular weight is 233 g/mol. The van der Waals surface area contributed by atoms with Crippen molar-refractivity contribution in [2.75, 3.05) is 7.05 Å². The maximum Gasteiger partial charge on any atom is 0.0537 e. The topological polar surface area (TPSA) is 47.7 Å². The molecule has 2 heterocycles. The van der Waals surface area contributed by atoms with Gasteiger partial charge in [-0.2, -0.15) is 10.2 Å². The van der Waals surface area contributed by atoms with E-state index >= 15 is 0 Å². The van der Waals surface area contributed by atoms with Gasteiger partial charge in [0.15, 0.2) is 0 Å². The van der Waals surface area contributed by atoms with Crippen molar-refractivity contribution in [3.8, 4) is 0 Å². The van der Waals surface area contributed by atoms with Crippen molar-refractivity contribution in [3.63, 3.8) is 0 Å². The normalized spacial score (nSPS) is 11.0. The van der Waals surface area contributed by atoms with E-state index in [1.165, 1.54) is 17.0 Å². The fourth-order valence-corrected chi connectivity index (χ4v) is 1.94. The second kappa shape index (κ2) is 5.14. The highest BCUT2D eigenvalue weighted by molar-refractivity contribution is 5.16. The third-order valence-corrected chi connectivity index (χ3v) is 3.07. The van der Waals surface area contributed by atoms with E-state index in [0.29, 0.717) is 0 Å². The number of nitrogens with one attached hydrogen (secondary N) is 1. The van der Waals surface area contributed by atoms with Crippen molar-refractivity contribution < 1.29 is 0 Å². The van der Waals surface area contributed by atoms with Crippen LogP contribution in [0, 0.1) is 6.92 Å². The van der Waals surface area contributed by atoms with Crippen LogP contribution < -0.4 is 5.32 Å². The van der Waals surface area contributed by atoms with Crippen LogP contribution >= 0.6 is 0 Å². The monoisotopic (exact) mass is 233 g/mol. The lowest BCUT2D eigenvalue weighted by Gasteiger charge is -2.06. The van der Waals surface area contributed by atoms with Gasteiger partial charge in [-0.25, -0.2) is 0 Å². The van der Waals surface area contributed by atoms with Gasteiger partial charge in [0, 0.05) is 49.7 Å². The van der Waals surface area contributed by atoms with E-state index in [2.05, 4.69) is 27.1 Å². The number of aryl methyl sites for hydroxylation is 3. The highest BCUT2D eigenvalue weighted by Gasteiger charge is 2.06. The second-order valence-corrected chi connectivity index (χ2v) is 4.20. The molecule has 2 aromatic rings. The van der Waals surface area contributed by atoms with Crippen LogP contribution in [0.4, 0.5) is 0 Å². The molecule has 0 saturated carbocycles. The van der Waals surface area contributed by atoms with Crippen LogP contribution in [-0.2, 0) is 26.6 Å². The van der Waals surface area contributed by atoms with Crippen molar-refractivity contribution >= 4 is 0 Å². The van der Waals surface area contributed by atoms with Gasteiger partial charge in [0.25, 0.3) is 0 Å². The first kappa shape index (κ1) is 11.9. The molecular weight excluding hydrogens is 214 g/mol. The van der Waals surface area contributed by atoms with Gasteiger partial charge in [-0.1, -0.05) is 0 Å². The Morgan fingerprint density at radius 3 is 2.82 bits per heavy atom. The quantitative estimate of drug-likeness (QED) is 0.834. The molecule has 1 N–H and O–H groups in total. The predicted octanol–water partition coefficient (Wildman–Crippen LogP) is 0.887. The smallest absolute Gasteiger partial charge is 0.0537 e. The molecule has 0 saturated heterocycles. The van der Waals surface area contributed by atoms with Crippen LogP contribution in [0.3, 0.4) is 0 Å². The Hall–Kier alpha value is -1.62. The third-order valence-electron chi connectivity index (χ3n) is 3.07. The Morgan fingerprint density at radius 1 is 1.35 bits per heavy atom. The Kier molecular flexibility index (Phi) is 3.58. The molecule has 5 heteroatoms. The van der Waals surface area contributed by atoms with E-state index in [-0.39, 0.29) is 0 Å². The molecule has 17 heavy (non-hydrogen) atoms. The van der Waals surface area contributed by atoms with Crippen LogP contribution in [0.25, 0.3) is 0 Å². The zero-order chi connectivity index (χ0) is 12.3. The number of hydrogen-bond acceptors (Lipinski definition) is 3. The van der Waals surface area contributed by atoms with Gasteiger partial charge >= 0.3 is 0 Å². The SMILES string of the molecule is CNCc1cnn(CCc2ccnn2C)c1C. The number of rotatable bonds is 5. The summed E-state index contributed by atoms with van der Waals surface area (Å²) in [6, 6.07) is 2.05. The zero-order valence-corrected chi connectivity index (χ0v) is 10.6. The maximum absolute atomic E-state index is 4.41. The highest BCUT2D eigenvalue weighted by atomic mass is 15.3. The molecule has 0 spiro atoms. The maximum atomic E-state index is 4.41. The summed E-state index contributed by atoms with van der Waals surface area (Å²) in [6.45, 7) is 3.88. The predicted molar refractivity (Wildman–Crippen MR) is 66.6 cm³/mol. The van der Waals surface area contributed by atoms with Gasteiger partial charge in [-0.3, -0.25) is 9.36 Å². The fraction of sp³-hybridized carbons (Fsp3) is 0.500. The minimum absolute atomic E-state index is 0.873. The molecule has 0 unspecified atom stereocenters. The van der Waals surface area contributed by atoms with Crippen LogP contribution in [0.15, 0.2) is 18.5 Å². The van der Waals surface area contributed by atoms with Crippen molar-refractivity contribution in [1.82, 2.24) is 24.9 Å². The molecule has 0 radical (unpaired) electrons. The average Bonchev–Trinajstić information content (AvgIpc) is 2.86. The minimum Gasteiger partial charge on any atom is -0.316 e. The molecule has 0 aromatic carbocycles. The first-order chi connectivity index (χ1) is 8.22. The Morgan fingerprint density at radius 2 is 2.18 bits per heavy atom. The summed E-state index contributed by atoms with van der Waals surface area (Å²) in [7, 11) is 3.92. The zero-order valence-electron chi connectivity index (χ0n) is 10.6. The molecule has 0 aliphatic rings. The molecule has 0 bridgehead atoms. The van der Waals surface area contributed by atoms with E-state index in [1.807, 2.05) is 37.2 Å². The molecule has 0 fully saturated rings. The summed E-state index contributed by atoms with van der Waals surface area (Å²) in [4.78, 5) is 0. The molecule has 2 rings (SSSR count). The van der Waals surface area contributed by atoms with E-state index in [4.69, 9.17) is 0 Å². The molecule has 0 aliphatic carbocycles. The summed E-state index contributed by atoms with van der Waals surface area (Å²) in [5.41, 5.74) is 3.73. The van der Waals surface area contributed by atoms with Gasteiger partial charge in [0.2, 0.25) is 0 Å². The minimum atomic E-state index is 0.873.